The summed E-state index contributed by atoms with van der Waals surface area (Å²) in [5.41, 5.74) is 3.48. The van der Waals surface area contributed by atoms with E-state index in [1.807, 2.05) is 52.2 Å². The summed E-state index contributed by atoms with van der Waals surface area (Å²) in [6.45, 7) is 5.45. The molecule has 3 heterocycles. The molecule has 3 rings (SSSR count). The van der Waals surface area contributed by atoms with Gasteiger partial charge >= 0.3 is 6.09 Å². The number of carbonyl (C=O) groups excluding carboxylic acids is 1. The topological polar surface area (TPSA) is 81.9 Å². The largest absolute Gasteiger partial charge is 0.444 e. The third-order valence-electron chi connectivity index (χ3n) is 3.69. The lowest BCUT2D eigenvalue weighted by Gasteiger charge is -2.19. The summed E-state index contributed by atoms with van der Waals surface area (Å²) in [4.78, 5) is 20.5. The van der Waals surface area contributed by atoms with Gasteiger partial charge in [0.1, 0.15) is 11.4 Å². The van der Waals surface area contributed by atoms with Crippen molar-refractivity contribution in [3.8, 4) is 11.3 Å². The van der Waals surface area contributed by atoms with Crippen LogP contribution in [0.2, 0.25) is 0 Å². The molecule has 0 saturated carbocycles. The van der Waals surface area contributed by atoms with E-state index < -0.39 is 11.7 Å². The molecule has 0 atom stereocenters. The average molecular weight is 365 g/mol. The molecule has 7 nitrogen and oxygen atoms in total. The van der Waals surface area contributed by atoms with E-state index in [1.54, 1.807) is 29.3 Å². The summed E-state index contributed by atoms with van der Waals surface area (Å²) in [5.74, 6) is 0.457. The minimum absolute atomic E-state index is 0.457. The first-order valence-electron chi connectivity index (χ1n) is 8.67. The zero-order chi connectivity index (χ0) is 19.4. The normalized spacial score (nSPS) is 11.3. The minimum atomic E-state index is -0.544. The molecule has 27 heavy (non-hydrogen) atoms. The fourth-order valence-corrected chi connectivity index (χ4v) is 2.54. The summed E-state index contributed by atoms with van der Waals surface area (Å²) in [6.07, 6.45) is 7.48. The Morgan fingerprint density at radius 1 is 1.15 bits per heavy atom. The van der Waals surface area contributed by atoms with E-state index >= 15 is 0 Å². The molecule has 0 fully saturated rings. The average Bonchev–Trinajstić information content (AvgIpc) is 3.02. The van der Waals surface area contributed by atoms with E-state index in [2.05, 4.69) is 20.4 Å². The van der Waals surface area contributed by atoms with Crippen molar-refractivity contribution in [2.75, 3.05) is 5.32 Å². The minimum Gasteiger partial charge on any atom is -0.444 e. The van der Waals surface area contributed by atoms with Crippen LogP contribution < -0.4 is 5.32 Å². The van der Waals surface area contributed by atoms with Gasteiger partial charge in [-0.3, -0.25) is 15.0 Å². The van der Waals surface area contributed by atoms with Gasteiger partial charge < -0.3 is 4.74 Å². The number of ether oxygens (including phenoxy) is 1. The van der Waals surface area contributed by atoms with Crippen LogP contribution in [0.25, 0.3) is 11.3 Å². The van der Waals surface area contributed by atoms with Crippen LogP contribution in [-0.4, -0.2) is 31.4 Å². The molecule has 3 aromatic rings. The first-order valence-corrected chi connectivity index (χ1v) is 8.67. The van der Waals surface area contributed by atoms with Crippen LogP contribution in [0, 0.1) is 0 Å². The van der Waals surface area contributed by atoms with Gasteiger partial charge in [0.25, 0.3) is 0 Å². The lowest BCUT2D eigenvalue weighted by molar-refractivity contribution is 0.0635. The number of nitrogens with zero attached hydrogens (tertiary/aromatic N) is 4. The molecular weight excluding hydrogens is 342 g/mol. The fraction of sp³-hybridized carbons (Fsp3) is 0.300. The van der Waals surface area contributed by atoms with Gasteiger partial charge in [-0.2, -0.15) is 5.10 Å². The van der Waals surface area contributed by atoms with E-state index in [0.717, 1.165) is 28.8 Å². The van der Waals surface area contributed by atoms with Gasteiger partial charge in [0, 0.05) is 31.2 Å². The number of aromatic nitrogens is 4. The summed E-state index contributed by atoms with van der Waals surface area (Å²) < 4.78 is 6.97. The van der Waals surface area contributed by atoms with E-state index in [1.165, 1.54) is 0 Å². The lowest BCUT2D eigenvalue weighted by Crippen LogP contribution is -2.27. The Hall–Kier alpha value is -3.22. The van der Waals surface area contributed by atoms with Gasteiger partial charge in [0.05, 0.1) is 11.9 Å². The van der Waals surface area contributed by atoms with E-state index in [-0.39, 0.29) is 0 Å². The zero-order valence-electron chi connectivity index (χ0n) is 15.9. The molecule has 140 valence electrons. The third kappa shape index (κ3) is 5.37. The molecule has 7 heteroatoms. The van der Waals surface area contributed by atoms with Crippen LogP contribution in [0.4, 0.5) is 10.6 Å². The van der Waals surface area contributed by atoms with Crippen molar-refractivity contribution >= 4 is 11.9 Å². The highest BCUT2D eigenvalue weighted by Crippen LogP contribution is 2.19. The zero-order valence-corrected chi connectivity index (χ0v) is 15.9. The van der Waals surface area contributed by atoms with Crippen LogP contribution in [-0.2, 0) is 18.2 Å². The predicted molar refractivity (Wildman–Crippen MR) is 103 cm³/mol. The van der Waals surface area contributed by atoms with Crippen molar-refractivity contribution in [3.05, 3.63) is 60.2 Å². The highest BCUT2D eigenvalue weighted by Gasteiger charge is 2.16. The summed E-state index contributed by atoms with van der Waals surface area (Å²) >= 11 is 0. The number of rotatable bonds is 4. The molecule has 0 spiro atoms. The van der Waals surface area contributed by atoms with E-state index in [4.69, 9.17) is 4.74 Å². The van der Waals surface area contributed by atoms with Crippen LogP contribution >= 0.6 is 0 Å². The van der Waals surface area contributed by atoms with Gasteiger partial charge in [0.15, 0.2) is 0 Å². The molecule has 0 aliphatic rings. The van der Waals surface area contributed by atoms with Crippen LogP contribution in [0.5, 0.6) is 0 Å². The van der Waals surface area contributed by atoms with Gasteiger partial charge in [-0.05, 0) is 56.5 Å². The molecule has 3 aromatic heterocycles. The highest BCUT2D eigenvalue weighted by molar-refractivity contribution is 5.83. The number of anilines is 1. The molecule has 1 amide bonds. The molecule has 0 aromatic carbocycles. The van der Waals surface area contributed by atoms with Crippen LogP contribution in [0.15, 0.2) is 49.1 Å². The first kappa shape index (κ1) is 18.6. The Labute approximate surface area is 158 Å². The highest BCUT2D eigenvalue weighted by atomic mass is 16.6. The Balaban J connectivity index is 1.66. The molecule has 1 N–H and O–H groups in total. The fourth-order valence-electron chi connectivity index (χ4n) is 2.54. The smallest absolute Gasteiger partial charge is 0.413 e. The van der Waals surface area contributed by atoms with Crippen molar-refractivity contribution in [1.29, 1.82) is 0 Å². The number of nitrogens with one attached hydrogen (secondary N) is 1. The predicted octanol–water partition coefficient (Wildman–Crippen LogP) is 3.81. The SMILES string of the molecule is Cn1cc(-c2cc(Cc3ccc(NC(=O)OC(C)(C)C)nc3)ccn2)cn1. The van der Waals surface area contributed by atoms with Crippen molar-refractivity contribution < 1.29 is 9.53 Å². The molecule has 0 saturated heterocycles. The molecule has 0 unspecified atom stereocenters. The van der Waals surface area contributed by atoms with Crippen LogP contribution in [0.1, 0.15) is 31.9 Å². The van der Waals surface area contributed by atoms with E-state index in [0.29, 0.717) is 5.82 Å². The number of hydrogen-bond donors (Lipinski definition) is 1. The van der Waals surface area contributed by atoms with Gasteiger partial charge in [0.2, 0.25) is 0 Å². The lowest BCUT2D eigenvalue weighted by atomic mass is 10.1. The standard InChI is InChI=1S/C20H23N5O2/c1-20(2,3)27-19(26)24-18-6-5-15(11-22-18)9-14-7-8-21-17(10-14)16-12-23-25(4)13-16/h5-8,10-13H,9H2,1-4H3,(H,22,24,26). The first-order chi connectivity index (χ1) is 12.8. The summed E-state index contributed by atoms with van der Waals surface area (Å²) in [7, 11) is 1.88. The molecular formula is C20H23N5O2. The van der Waals surface area contributed by atoms with Crippen LogP contribution in [0.3, 0.4) is 0 Å². The van der Waals surface area contributed by atoms with Crippen molar-refractivity contribution in [2.45, 2.75) is 32.8 Å². The number of aryl methyl sites for hydroxylation is 1. The van der Waals surface area contributed by atoms with Crippen molar-refractivity contribution in [1.82, 2.24) is 19.7 Å². The monoisotopic (exact) mass is 365 g/mol. The summed E-state index contributed by atoms with van der Waals surface area (Å²) in [6, 6.07) is 7.73. The second kappa shape index (κ2) is 7.57. The molecule has 0 aliphatic carbocycles. The quantitative estimate of drug-likeness (QED) is 0.760. The number of pyridine rings is 2. The Kier molecular flexibility index (Phi) is 5.21. The number of carbonyl (C=O) groups is 1. The maximum Gasteiger partial charge on any atom is 0.413 e. The molecule has 0 radical (unpaired) electrons. The molecule has 0 bridgehead atoms. The maximum atomic E-state index is 11.8. The Bertz CT molecular complexity index is 926. The summed E-state index contributed by atoms with van der Waals surface area (Å²) in [5, 5.41) is 6.81. The Morgan fingerprint density at radius 2 is 1.96 bits per heavy atom. The second-order valence-corrected chi connectivity index (χ2v) is 7.31. The van der Waals surface area contributed by atoms with E-state index in [9.17, 15) is 4.79 Å². The number of hydrogen-bond acceptors (Lipinski definition) is 5. The van der Waals surface area contributed by atoms with Gasteiger partial charge in [-0.1, -0.05) is 6.07 Å². The van der Waals surface area contributed by atoms with Gasteiger partial charge in [-0.25, -0.2) is 9.78 Å². The third-order valence-corrected chi connectivity index (χ3v) is 3.69. The second-order valence-electron chi connectivity index (χ2n) is 7.31. The van der Waals surface area contributed by atoms with Crippen molar-refractivity contribution in [2.24, 2.45) is 7.05 Å². The van der Waals surface area contributed by atoms with Crippen molar-refractivity contribution in [3.63, 3.8) is 0 Å². The number of amides is 1. The Morgan fingerprint density at radius 3 is 2.59 bits per heavy atom. The van der Waals surface area contributed by atoms with Gasteiger partial charge in [-0.15, -0.1) is 0 Å². The molecule has 0 aliphatic heterocycles. The maximum absolute atomic E-state index is 11.8.